The molecule has 1 aromatic rings. The first-order valence-corrected chi connectivity index (χ1v) is 6.63. The van der Waals surface area contributed by atoms with Gasteiger partial charge in [-0.15, -0.1) is 0 Å². The molecule has 1 heterocycles. The molecule has 1 aliphatic rings. The molecule has 0 aliphatic carbocycles. The van der Waals surface area contributed by atoms with Crippen LogP contribution in [0.3, 0.4) is 0 Å². The summed E-state index contributed by atoms with van der Waals surface area (Å²) in [7, 11) is 3.91. The number of nitrogens with zero attached hydrogens (tertiary/aromatic N) is 1. The van der Waals surface area contributed by atoms with E-state index in [1.165, 1.54) is 0 Å². The molecule has 0 fully saturated rings. The minimum absolute atomic E-state index is 0.133. The molecule has 7 heteroatoms. The van der Waals surface area contributed by atoms with E-state index in [4.69, 9.17) is 26.8 Å². The Morgan fingerprint density at radius 2 is 2.25 bits per heavy atom. The number of carbonyl (C=O) groups is 1. The van der Waals surface area contributed by atoms with Crippen molar-refractivity contribution >= 4 is 17.5 Å². The number of benzene rings is 1. The van der Waals surface area contributed by atoms with Gasteiger partial charge in [-0.2, -0.15) is 0 Å². The Balaban J connectivity index is 2.17. The van der Waals surface area contributed by atoms with E-state index in [0.29, 0.717) is 28.6 Å². The maximum Gasteiger partial charge on any atom is 0.239 e. The lowest BCUT2D eigenvalue weighted by molar-refractivity contribution is -0.120. The van der Waals surface area contributed by atoms with Gasteiger partial charge in [-0.05, 0) is 31.8 Å². The van der Waals surface area contributed by atoms with E-state index >= 15 is 0 Å². The lowest BCUT2D eigenvalue weighted by Crippen LogP contribution is -2.37. The predicted octanol–water partition coefficient (Wildman–Crippen LogP) is 0.746. The van der Waals surface area contributed by atoms with Crippen LogP contribution in [0, 0.1) is 0 Å². The van der Waals surface area contributed by atoms with Crippen molar-refractivity contribution in [2.45, 2.75) is 6.04 Å². The second kappa shape index (κ2) is 6.30. The summed E-state index contributed by atoms with van der Waals surface area (Å²) in [6.45, 7) is 1.56. The van der Waals surface area contributed by atoms with Crippen LogP contribution in [-0.2, 0) is 4.79 Å². The molecule has 0 bridgehead atoms. The number of nitrogens with two attached hydrogens (primary N) is 1. The van der Waals surface area contributed by atoms with Crippen LogP contribution in [0.4, 0.5) is 0 Å². The molecule has 1 aromatic carbocycles. The number of hydrogen-bond donors (Lipinski definition) is 2. The molecule has 1 atom stereocenters. The van der Waals surface area contributed by atoms with E-state index in [1.54, 1.807) is 12.1 Å². The predicted molar refractivity (Wildman–Crippen MR) is 76.1 cm³/mol. The number of amides is 1. The van der Waals surface area contributed by atoms with Crippen LogP contribution in [0.2, 0.25) is 5.02 Å². The van der Waals surface area contributed by atoms with Gasteiger partial charge in [0.1, 0.15) is 6.04 Å². The van der Waals surface area contributed by atoms with Gasteiger partial charge in [-0.25, -0.2) is 0 Å². The highest BCUT2D eigenvalue weighted by Crippen LogP contribution is 2.40. The summed E-state index contributed by atoms with van der Waals surface area (Å²) in [5.74, 6) is 0.582. The molecule has 1 amide bonds. The fourth-order valence-electron chi connectivity index (χ4n) is 1.97. The summed E-state index contributed by atoms with van der Waals surface area (Å²) in [4.78, 5) is 13.6. The minimum Gasteiger partial charge on any atom is -0.454 e. The molecule has 1 unspecified atom stereocenters. The van der Waals surface area contributed by atoms with E-state index in [9.17, 15) is 4.79 Å². The largest absolute Gasteiger partial charge is 0.454 e. The number of primary amides is 1. The Morgan fingerprint density at radius 1 is 1.50 bits per heavy atom. The minimum atomic E-state index is -0.609. The zero-order chi connectivity index (χ0) is 14.7. The summed E-state index contributed by atoms with van der Waals surface area (Å²) in [5, 5.41) is 3.53. The topological polar surface area (TPSA) is 76.8 Å². The van der Waals surface area contributed by atoms with E-state index in [-0.39, 0.29) is 6.79 Å². The molecule has 0 saturated heterocycles. The third kappa shape index (κ3) is 3.33. The van der Waals surface area contributed by atoms with Gasteiger partial charge < -0.3 is 25.4 Å². The molecule has 2 rings (SSSR count). The lowest BCUT2D eigenvalue weighted by atomic mass is 10.1. The highest BCUT2D eigenvalue weighted by molar-refractivity contribution is 6.32. The first-order chi connectivity index (χ1) is 9.49. The highest BCUT2D eigenvalue weighted by Gasteiger charge is 2.24. The van der Waals surface area contributed by atoms with Gasteiger partial charge in [0.05, 0.1) is 5.02 Å². The van der Waals surface area contributed by atoms with E-state index in [1.807, 2.05) is 19.0 Å². The van der Waals surface area contributed by atoms with E-state index < -0.39 is 11.9 Å². The van der Waals surface area contributed by atoms with Gasteiger partial charge in [-0.1, -0.05) is 11.6 Å². The zero-order valence-electron chi connectivity index (χ0n) is 11.5. The number of ether oxygens (including phenoxy) is 2. The van der Waals surface area contributed by atoms with Crippen molar-refractivity contribution < 1.29 is 14.3 Å². The van der Waals surface area contributed by atoms with Crippen molar-refractivity contribution in [3.05, 3.63) is 22.7 Å². The molecular weight excluding hydrogens is 282 g/mol. The quantitative estimate of drug-likeness (QED) is 0.810. The van der Waals surface area contributed by atoms with Gasteiger partial charge in [0.15, 0.2) is 11.5 Å². The van der Waals surface area contributed by atoms with Gasteiger partial charge in [0.25, 0.3) is 0 Å². The summed E-state index contributed by atoms with van der Waals surface area (Å²) in [6.07, 6.45) is 0. The fraction of sp³-hybridized carbons (Fsp3) is 0.462. The number of fused-ring (bicyclic) bond motifs is 1. The Hall–Kier alpha value is -1.50. The van der Waals surface area contributed by atoms with Crippen LogP contribution in [-0.4, -0.2) is 44.8 Å². The molecule has 110 valence electrons. The Kier molecular flexibility index (Phi) is 4.69. The molecule has 0 spiro atoms. The normalized spacial score (nSPS) is 14.6. The maximum absolute atomic E-state index is 11.6. The first-order valence-electron chi connectivity index (χ1n) is 6.25. The first kappa shape index (κ1) is 14.9. The Morgan fingerprint density at radius 3 is 2.90 bits per heavy atom. The van der Waals surface area contributed by atoms with Gasteiger partial charge in [0.2, 0.25) is 12.7 Å². The van der Waals surface area contributed by atoms with Crippen LogP contribution in [0.25, 0.3) is 0 Å². The smallest absolute Gasteiger partial charge is 0.239 e. The van der Waals surface area contributed by atoms with Crippen LogP contribution in [0.15, 0.2) is 12.1 Å². The Labute approximate surface area is 122 Å². The second-order valence-corrected chi connectivity index (χ2v) is 5.24. The summed E-state index contributed by atoms with van der Waals surface area (Å²) >= 11 is 6.11. The molecule has 0 saturated carbocycles. The lowest BCUT2D eigenvalue weighted by Gasteiger charge is -2.18. The average molecular weight is 300 g/mol. The second-order valence-electron chi connectivity index (χ2n) is 4.83. The van der Waals surface area contributed by atoms with Crippen LogP contribution in [0.1, 0.15) is 11.6 Å². The van der Waals surface area contributed by atoms with E-state index in [2.05, 4.69) is 5.32 Å². The molecule has 20 heavy (non-hydrogen) atoms. The summed E-state index contributed by atoms with van der Waals surface area (Å²) in [6, 6.07) is 2.79. The van der Waals surface area contributed by atoms with Crippen LogP contribution in [0.5, 0.6) is 11.5 Å². The van der Waals surface area contributed by atoms with Gasteiger partial charge >= 0.3 is 0 Å². The fourth-order valence-corrected chi connectivity index (χ4v) is 2.24. The van der Waals surface area contributed by atoms with Crippen molar-refractivity contribution in [3.63, 3.8) is 0 Å². The highest BCUT2D eigenvalue weighted by atomic mass is 35.5. The van der Waals surface area contributed by atoms with Crippen molar-refractivity contribution in [1.82, 2.24) is 10.2 Å². The molecule has 6 nitrogen and oxygen atoms in total. The van der Waals surface area contributed by atoms with Crippen molar-refractivity contribution in [2.24, 2.45) is 5.73 Å². The van der Waals surface area contributed by atoms with Crippen molar-refractivity contribution in [2.75, 3.05) is 34.0 Å². The number of carbonyl (C=O) groups excluding carboxylic acids is 1. The standard InChI is InChI=1S/C13H18ClN3O3/c1-17(2)4-3-16-11(13(15)18)8-5-9(14)12-10(6-8)19-7-20-12/h5-6,11,16H,3-4,7H2,1-2H3,(H2,15,18). The zero-order valence-corrected chi connectivity index (χ0v) is 12.2. The van der Waals surface area contributed by atoms with Gasteiger partial charge in [-0.3, -0.25) is 4.79 Å². The van der Waals surface area contributed by atoms with Crippen LogP contribution < -0.4 is 20.5 Å². The summed E-state index contributed by atoms with van der Waals surface area (Å²) < 4.78 is 10.5. The summed E-state index contributed by atoms with van der Waals surface area (Å²) in [5.41, 5.74) is 6.12. The molecule has 0 aromatic heterocycles. The van der Waals surface area contributed by atoms with Crippen molar-refractivity contribution in [1.29, 1.82) is 0 Å². The van der Waals surface area contributed by atoms with E-state index in [0.717, 1.165) is 6.54 Å². The molecule has 0 radical (unpaired) electrons. The molecule has 3 N–H and O–H groups in total. The number of halogens is 1. The Bertz CT molecular complexity index is 508. The van der Waals surface area contributed by atoms with Crippen molar-refractivity contribution in [3.8, 4) is 11.5 Å². The molecular formula is C13H18ClN3O3. The molecule has 1 aliphatic heterocycles. The monoisotopic (exact) mass is 299 g/mol. The number of rotatable bonds is 6. The number of hydrogen-bond acceptors (Lipinski definition) is 5. The number of likely N-dealkylation sites (N-methyl/N-ethyl adjacent to an activating group) is 1. The number of nitrogens with one attached hydrogen (secondary N) is 1. The maximum atomic E-state index is 11.6. The SMILES string of the molecule is CN(C)CCNC(C(N)=O)c1cc(Cl)c2c(c1)OCO2. The van der Waals surface area contributed by atoms with Crippen LogP contribution >= 0.6 is 11.6 Å². The third-order valence-electron chi connectivity index (χ3n) is 2.97. The average Bonchev–Trinajstić information content (AvgIpc) is 2.82. The van der Waals surface area contributed by atoms with Gasteiger partial charge in [0, 0.05) is 13.1 Å². The third-order valence-corrected chi connectivity index (χ3v) is 3.26.